The highest BCUT2D eigenvalue weighted by Gasteiger charge is 2.12. The van der Waals surface area contributed by atoms with Crippen LogP contribution in [-0.4, -0.2) is 11.8 Å². The minimum absolute atomic E-state index is 0.132. The summed E-state index contributed by atoms with van der Waals surface area (Å²) in [7, 11) is 0. The van der Waals surface area contributed by atoms with E-state index in [0.29, 0.717) is 5.75 Å². The van der Waals surface area contributed by atoms with Crippen LogP contribution in [0, 0.1) is 6.92 Å². The van der Waals surface area contributed by atoms with Crippen LogP contribution in [0.5, 0.6) is 0 Å². The van der Waals surface area contributed by atoms with Gasteiger partial charge in [-0.2, -0.15) is 0 Å². The van der Waals surface area contributed by atoms with Crippen molar-refractivity contribution in [2.75, 3.05) is 0 Å². The molecule has 0 unspecified atom stereocenters. The lowest BCUT2D eigenvalue weighted by Gasteiger charge is -2.05. The van der Waals surface area contributed by atoms with E-state index in [1.807, 2.05) is 61.5 Å². The number of aryl methyl sites for hydroxylation is 1. The maximum atomic E-state index is 11.8. The first-order chi connectivity index (χ1) is 10.6. The van der Waals surface area contributed by atoms with Crippen LogP contribution < -0.4 is 0 Å². The normalized spacial score (nSPS) is 10.2. The van der Waals surface area contributed by atoms with Crippen LogP contribution in [0.2, 0.25) is 0 Å². The van der Waals surface area contributed by atoms with E-state index in [4.69, 9.17) is 4.18 Å². The molecular formula is C18H18O3S. The van der Waals surface area contributed by atoms with E-state index in [1.54, 1.807) is 0 Å². The Labute approximate surface area is 134 Å². The van der Waals surface area contributed by atoms with Crippen LogP contribution in [0.4, 0.5) is 0 Å². The largest absolute Gasteiger partial charge is 0.391 e. The molecule has 3 nitrogen and oxygen atoms in total. The molecule has 0 radical (unpaired) electrons. The van der Waals surface area contributed by atoms with Gasteiger partial charge in [-0.05, 0) is 23.6 Å². The van der Waals surface area contributed by atoms with Gasteiger partial charge in [0, 0.05) is 6.42 Å². The van der Waals surface area contributed by atoms with E-state index < -0.39 is 5.97 Å². The Morgan fingerprint density at radius 3 is 2.41 bits per heavy atom. The number of ketones is 1. The van der Waals surface area contributed by atoms with Crippen molar-refractivity contribution in [3.8, 4) is 0 Å². The maximum Gasteiger partial charge on any atom is 0.325 e. The molecule has 0 N–H and O–H groups in total. The molecule has 2 aromatic rings. The number of rotatable bonds is 7. The molecule has 0 atom stereocenters. The zero-order valence-electron chi connectivity index (χ0n) is 12.5. The van der Waals surface area contributed by atoms with E-state index in [1.165, 1.54) is 0 Å². The molecule has 114 valence electrons. The highest BCUT2D eigenvalue weighted by Crippen LogP contribution is 2.17. The molecule has 0 saturated heterocycles. The topological polar surface area (TPSA) is 43.4 Å². The summed E-state index contributed by atoms with van der Waals surface area (Å²) in [5.74, 6) is -0.0297. The van der Waals surface area contributed by atoms with Crippen molar-refractivity contribution in [3.05, 3.63) is 71.3 Å². The van der Waals surface area contributed by atoms with Gasteiger partial charge in [0.1, 0.15) is 12.2 Å². The average molecular weight is 314 g/mol. The highest BCUT2D eigenvalue weighted by atomic mass is 32.2. The van der Waals surface area contributed by atoms with Gasteiger partial charge in [0.25, 0.3) is 0 Å². The molecule has 22 heavy (non-hydrogen) atoms. The summed E-state index contributed by atoms with van der Waals surface area (Å²) < 4.78 is 5.07. The monoisotopic (exact) mass is 314 g/mol. The second-order valence-electron chi connectivity index (χ2n) is 5.02. The lowest BCUT2D eigenvalue weighted by molar-refractivity contribution is -0.136. The average Bonchev–Trinajstić information content (AvgIpc) is 2.50. The number of carbonyl (C=O) groups excluding carboxylic acids is 2. The Morgan fingerprint density at radius 2 is 1.68 bits per heavy atom. The summed E-state index contributed by atoms with van der Waals surface area (Å²) in [4.78, 5) is 23.5. The fourth-order valence-electron chi connectivity index (χ4n) is 2.01. The van der Waals surface area contributed by atoms with Crippen molar-refractivity contribution in [1.29, 1.82) is 0 Å². The fraction of sp³-hybridized carbons (Fsp3) is 0.222. The van der Waals surface area contributed by atoms with Crippen LogP contribution in [0.25, 0.3) is 0 Å². The standard InChI is InChI=1S/C18H18O3S/c1-14-7-5-6-10-16(14)13-22-21-18(20)12-17(19)11-15-8-3-2-4-9-15/h2-10H,11-13H2,1H3. The van der Waals surface area contributed by atoms with E-state index in [2.05, 4.69) is 0 Å². The van der Waals surface area contributed by atoms with Crippen molar-refractivity contribution < 1.29 is 13.8 Å². The van der Waals surface area contributed by atoms with Crippen molar-refractivity contribution in [3.63, 3.8) is 0 Å². The van der Waals surface area contributed by atoms with Gasteiger partial charge >= 0.3 is 5.97 Å². The summed E-state index contributed by atoms with van der Waals surface area (Å²) in [5, 5.41) is 0. The van der Waals surface area contributed by atoms with Crippen LogP contribution in [0.3, 0.4) is 0 Å². The second kappa shape index (κ2) is 8.39. The van der Waals surface area contributed by atoms with Gasteiger partial charge in [0.2, 0.25) is 0 Å². The molecule has 0 fully saturated rings. The third-order valence-electron chi connectivity index (χ3n) is 3.21. The summed E-state index contributed by atoms with van der Waals surface area (Å²) in [5.41, 5.74) is 3.19. The van der Waals surface area contributed by atoms with Gasteiger partial charge in [0.05, 0.1) is 17.8 Å². The molecule has 0 aliphatic rings. The van der Waals surface area contributed by atoms with Gasteiger partial charge < -0.3 is 4.18 Å². The third-order valence-corrected chi connectivity index (χ3v) is 3.95. The summed E-state index contributed by atoms with van der Waals surface area (Å²) in [6, 6.07) is 17.3. The number of benzene rings is 2. The number of hydrogen-bond acceptors (Lipinski definition) is 4. The van der Waals surface area contributed by atoms with Crippen LogP contribution in [0.15, 0.2) is 54.6 Å². The Bertz CT molecular complexity index is 638. The molecule has 0 bridgehead atoms. The molecule has 0 spiro atoms. The predicted molar refractivity (Wildman–Crippen MR) is 88.3 cm³/mol. The molecule has 4 heteroatoms. The molecule has 0 saturated carbocycles. The summed E-state index contributed by atoms with van der Waals surface area (Å²) in [6.07, 6.45) is 0.0774. The minimum Gasteiger partial charge on any atom is -0.391 e. The Hall–Kier alpha value is -2.07. The van der Waals surface area contributed by atoms with Gasteiger partial charge in [0.15, 0.2) is 0 Å². The summed E-state index contributed by atoms with van der Waals surface area (Å²) in [6.45, 7) is 2.01. The smallest absolute Gasteiger partial charge is 0.325 e. The van der Waals surface area contributed by atoms with Crippen molar-refractivity contribution in [2.24, 2.45) is 0 Å². The van der Waals surface area contributed by atoms with Crippen molar-refractivity contribution in [2.45, 2.75) is 25.5 Å². The third kappa shape index (κ3) is 5.37. The first kappa shape index (κ1) is 16.3. The Kier molecular flexibility index (Phi) is 6.22. The first-order valence-corrected chi connectivity index (χ1v) is 7.98. The van der Waals surface area contributed by atoms with E-state index in [-0.39, 0.29) is 18.6 Å². The van der Waals surface area contributed by atoms with E-state index in [0.717, 1.165) is 28.7 Å². The fourth-order valence-corrected chi connectivity index (χ4v) is 2.71. The molecule has 0 aliphatic carbocycles. The maximum absolute atomic E-state index is 11.8. The Morgan fingerprint density at radius 1 is 1.00 bits per heavy atom. The predicted octanol–water partition coefficient (Wildman–Crippen LogP) is 3.89. The Balaban J connectivity index is 1.72. The minimum atomic E-state index is -0.487. The van der Waals surface area contributed by atoms with E-state index >= 15 is 0 Å². The van der Waals surface area contributed by atoms with Gasteiger partial charge in [-0.3, -0.25) is 9.59 Å². The lowest BCUT2D eigenvalue weighted by Crippen LogP contribution is -2.10. The lowest BCUT2D eigenvalue weighted by atomic mass is 10.1. The van der Waals surface area contributed by atoms with Crippen LogP contribution in [0.1, 0.15) is 23.1 Å². The molecule has 0 heterocycles. The number of hydrogen-bond donors (Lipinski definition) is 0. The molecule has 0 amide bonds. The van der Waals surface area contributed by atoms with Crippen molar-refractivity contribution >= 4 is 23.8 Å². The molecule has 2 rings (SSSR count). The second-order valence-corrected chi connectivity index (χ2v) is 5.71. The number of carbonyl (C=O) groups is 2. The van der Waals surface area contributed by atoms with Crippen LogP contribution >= 0.6 is 12.0 Å². The SMILES string of the molecule is Cc1ccccc1CSOC(=O)CC(=O)Cc1ccccc1. The van der Waals surface area contributed by atoms with Gasteiger partial charge in [-0.25, -0.2) is 0 Å². The molecular weight excluding hydrogens is 296 g/mol. The zero-order valence-corrected chi connectivity index (χ0v) is 13.3. The quantitative estimate of drug-likeness (QED) is 0.574. The molecule has 0 aliphatic heterocycles. The first-order valence-electron chi connectivity index (χ1n) is 7.07. The highest BCUT2D eigenvalue weighted by molar-refractivity contribution is 7.94. The molecule has 2 aromatic carbocycles. The van der Waals surface area contributed by atoms with Gasteiger partial charge in [-0.15, -0.1) is 0 Å². The van der Waals surface area contributed by atoms with Gasteiger partial charge in [-0.1, -0.05) is 54.6 Å². The van der Waals surface area contributed by atoms with E-state index in [9.17, 15) is 9.59 Å². The van der Waals surface area contributed by atoms with Crippen LogP contribution in [-0.2, 0) is 25.9 Å². The molecule has 0 aromatic heterocycles. The van der Waals surface area contributed by atoms with Crippen molar-refractivity contribution in [1.82, 2.24) is 0 Å². The summed E-state index contributed by atoms with van der Waals surface area (Å²) >= 11 is 1.08. The zero-order chi connectivity index (χ0) is 15.8. The number of Topliss-reactive ketones (excluding diaryl/α,β-unsaturated/α-hetero) is 1.